The zero-order valence-corrected chi connectivity index (χ0v) is 12.8. The molecule has 2 rings (SSSR count). The Balaban J connectivity index is 2.48. The molecule has 2 unspecified atom stereocenters. The number of hydrogen-bond acceptors (Lipinski definition) is 5. The first-order chi connectivity index (χ1) is 9.75. The van der Waals surface area contributed by atoms with E-state index in [2.05, 4.69) is 0 Å². The van der Waals surface area contributed by atoms with E-state index in [9.17, 15) is 18.5 Å². The van der Waals surface area contributed by atoms with Crippen LogP contribution in [0, 0.1) is 23.0 Å². The molecule has 0 aliphatic carbocycles. The smallest absolute Gasteiger partial charge is 0.270 e. The molecule has 1 aliphatic rings. The van der Waals surface area contributed by atoms with Crippen LogP contribution in [-0.4, -0.2) is 30.4 Å². The molecule has 0 bridgehead atoms. The van der Waals surface area contributed by atoms with E-state index >= 15 is 0 Å². The lowest BCUT2D eigenvalue weighted by Gasteiger charge is -2.36. The molecule has 0 spiro atoms. The number of non-ortho nitro benzene ring substituents is 1. The SMILES string of the molecule is Cc1ccc([N+](=O)[O-])cc1S(=O)(=O)N1CCCC(C)C1N. The number of piperidine rings is 1. The normalized spacial score (nSPS) is 24.0. The molecule has 7 nitrogen and oxygen atoms in total. The number of aryl methyl sites for hydroxylation is 1. The molecule has 2 N–H and O–H groups in total. The van der Waals surface area contributed by atoms with Gasteiger partial charge in [-0.3, -0.25) is 10.1 Å². The third-order valence-electron chi connectivity index (χ3n) is 3.92. The van der Waals surface area contributed by atoms with Gasteiger partial charge in [0, 0.05) is 18.7 Å². The number of nitrogens with zero attached hydrogens (tertiary/aromatic N) is 2. The number of benzene rings is 1. The maximum Gasteiger partial charge on any atom is 0.270 e. The van der Waals surface area contributed by atoms with Gasteiger partial charge in [0.25, 0.3) is 5.69 Å². The van der Waals surface area contributed by atoms with Crippen molar-refractivity contribution >= 4 is 15.7 Å². The van der Waals surface area contributed by atoms with E-state index in [1.165, 1.54) is 16.4 Å². The largest absolute Gasteiger partial charge is 0.315 e. The van der Waals surface area contributed by atoms with Crippen LogP contribution < -0.4 is 5.73 Å². The van der Waals surface area contributed by atoms with Crippen LogP contribution in [0.15, 0.2) is 23.1 Å². The molecule has 116 valence electrons. The van der Waals surface area contributed by atoms with Gasteiger partial charge >= 0.3 is 0 Å². The summed E-state index contributed by atoms with van der Waals surface area (Å²) in [5.74, 6) is 0.0625. The van der Waals surface area contributed by atoms with Gasteiger partial charge in [-0.15, -0.1) is 0 Å². The third-order valence-corrected chi connectivity index (χ3v) is 5.96. The minimum absolute atomic E-state index is 0.0405. The predicted octanol–water partition coefficient (Wildman–Crippen LogP) is 1.61. The summed E-state index contributed by atoms with van der Waals surface area (Å²) in [5.41, 5.74) is 6.25. The maximum atomic E-state index is 12.8. The lowest BCUT2D eigenvalue weighted by atomic mass is 9.99. The van der Waals surface area contributed by atoms with Gasteiger partial charge in [-0.25, -0.2) is 8.42 Å². The molecule has 8 heteroatoms. The Labute approximate surface area is 123 Å². The summed E-state index contributed by atoms with van der Waals surface area (Å²) in [6.07, 6.45) is 1.02. The van der Waals surface area contributed by atoms with E-state index in [1.807, 2.05) is 6.92 Å². The van der Waals surface area contributed by atoms with E-state index in [4.69, 9.17) is 5.73 Å². The molecular weight excluding hydrogens is 294 g/mol. The Morgan fingerprint density at radius 3 is 2.71 bits per heavy atom. The predicted molar refractivity (Wildman–Crippen MR) is 78.1 cm³/mol. The van der Waals surface area contributed by atoms with Crippen molar-refractivity contribution in [3.63, 3.8) is 0 Å². The lowest BCUT2D eigenvalue weighted by molar-refractivity contribution is -0.385. The van der Waals surface area contributed by atoms with E-state index in [1.54, 1.807) is 6.92 Å². The quantitative estimate of drug-likeness (QED) is 0.674. The molecule has 0 aromatic heterocycles. The van der Waals surface area contributed by atoms with Crippen molar-refractivity contribution < 1.29 is 13.3 Å². The van der Waals surface area contributed by atoms with Crippen molar-refractivity contribution in [1.29, 1.82) is 0 Å². The standard InChI is InChI=1S/C13H19N3O4S/c1-9-5-6-11(16(17)18)8-12(9)21(19,20)15-7-3-4-10(2)13(15)14/h5-6,8,10,13H,3-4,7,14H2,1-2H3. The number of nitro groups is 1. The Morgan fingerprint density at radius 2 is 2.10 bits per heavy atom. The van der Waals surface area contributed by atoms with Crippen LogP contribution >= 0.6 is 0 Å². The Hall–Kier alpha value is -1.51. The number of sulfonamides is 1. The first kappa shape index (κ1) is 15.9. The Kier molecular flexibility index (Phi) is 4.31. The Morgan fingerprint density at radius 1 is 1.43 bits per heavy atom. The van der Waals surface area contributed by atoms with Crippen LogP contribution in [0.3, 0.4) is 0 Å². The van der Waals surface area contributed by atoms with Gasteiger partial charge in [0.1, 0.15) is 0 Å². The second kappa shape index (κ2) is 5.70. The molecule has 2 atom stereocenters. The van der Waals surface area contributed by atoms with Crippen LogP contribution in [0.25, 0.3) is 0 Å². The fraction of sp³-hybridized carbons (Fsp3) is 0.538. The second-order valence-corrected chi connectivity index (χ2v) is 7.29. The number of hydrogen-bond donors (Lipinski definition) is 1. The summed E-state index contributed by atoms with van der Waals surface area (Å²) in [4.78, 5) is 10.2. The van der Waals surface area contributed by atoms with Crippen LogP contribution in [0.5, 0.6) is 0 Å². The first-order valence-electron chi connectivity index (χ1n) is 6.77. The summed E-state index contributed by atoms with van der Waals surface area (Å²) in [6, 6.07) is 3.85. The molecule has 1 heterocycles. The molecule has 0 amide bonds. The van der Waals surface area contributed by atoms with Crippen molar-refractivity contribution in [1.82, 2.24) is 4.31 Å². The highest BCUT2D eigenvalue weighted by Gasteiger charge is 2.36. The molecule has 1 aliphatic heterocycles. The van der Waals surface area contributed by atoms with Gasteiger partial charge in [-0.05, 0) is 31.2 Å². The highest BCUT2D eigenvalue weighted by atomic mass is 32.2. The fourth-order valence-electron chi connectivity index (χ4n) is 2.56. The molecule has 1 aromatic rings. The van der Waals surface area contributed by atoms with Crippen LogP contribution in [0.2, 0.25) is 0 Å². The van der Waals surface area contributed by atoms with Crippen molar-refractivity contribution in [2.45, 2.75) is 37.8 Å². The fourth-order valence-corrected chi connectivity index (χ4v) is 4.45. The van der Waals surface area contributed by atoms with Crippen LogP contribution in [0.1, 0.15) is 25.3 Å². The van der Waals surface area contributed by atoms with E-state index in [0.29, 0.717) is 12.1 Å². The zero-order chi connectivity index (χ0) is 15.8. The van der Waals surface area contributed by atoms with Crippen LogP contribution in [0.4, 0.5) is 5.69 Å². The van der Waals surface area contributed by atoms with Gasteiger partial charge < -0.3 is 5.73 Å². The van der Waals surface area contributed by atoms with E-state index in [0.717, 1.165) is 18.9 Å². The monoisotopic (exact) mass is 313 g/mol. The number of nitrogens with two attached hydrogens (primary N) is 1. The Bertz CT molecular complexity index is 659. The molecule has 21 heavy (non-hydrogen) atoms. The minimum atomic E-state index is -3.83. The lowest BCUT2D eigenvalue weighted by Crippen LogP contribution is -2.52. The average Bonchev–Trinajstić information content (AvgIpc) is 2.41. The topological polar surface area (TPSA) is 107 Å². The summed E-state index contributed by atoms with van der Waals surface area (Å²) in [5, 5.41) is 10.9. The molecule has 1 saturated heterocycles. The summed E-state index contributed by atoms with van der Waals surface area (Å²) >= 11 is 0. The van der Waals surface area contributed by atoms with Gasteiger partial charge in [-0.2, -0.15) is 4.31 Å². The van der Waals surface area contributed by atoms with E-state index in [-0.39, 0.29) is 16.5 Å². The average molecular weight is 313 g/mol. The molecule has 0 saturated carbocycles. The summed E-state index contributed by atoms with van der Waals surface area (Å²) in [7, 11) is -3.83. The highest BCUT2D eigenvalue weighted by Crippen LogP contribution is 2.29. The highest BCUT2D eigenvalue weighted by molar-refractivity contribution is 7.89. The summed E-state index contributed by atoms with van der Waals surface area (Å²) in [6.45, 7) is 3.87. The van der Waals surface area contributed by atoms with Gasteiger partial charge in [-0.1, -0.05) is 13.0 Å². The van der Waals surface area contributed by atoms with Gasteiger partial charge in [0.2, 0.25) is 10.0 Å². The second-order valence-electron chi connectivity index (χ2n) is 5.43. The third kappa shape index (κ3) is 2.92. The molecule has 1 aromatic carbocycles. The maximum absolute atomic E-state index is 12.8. The van der Waals surface area contributed by atoms with Crippen molar-refractivity contribution in [2.24, 2.45) is 11.7 Å². The minimum Gasteiger partial charge on any atom is -0.315 e. The zero-order valence-electron chi connectivity index (χ0n) is 12.0. The number of rotatable bonds is 3. The first-order valence-corrected chi connectivity index (χ1v) is 8.21. The van der Waals surface area contributed by atoms with Gasteiger partial charge in [0.15, 0.2) is 0 Å². The van der Waals surface area contributed by atoms with E-state index < -0.39 is 21.1 Å². The number of nitro benzene ring substituents is 1. The van der Waals surface area contributed by atoms with Crippen molar-refractivity contribution in [3.05, 3.63) is 33.9 Å². The molecule has 1 fully saturated rings. The van der Waals surface area contributed by atoms with Crippen molar-refractivity contribution in [3.8, 4) is 0 Å². The van der Waals surface area contributed by atoms with Crippen LogP contribution in [-0.2, 0) is 10.0 Å². The molecular formula is C13H19N3O4S. The molecule has 0 radical (unpaired) electrons. The van der Waals surface area contributed by atoms with Gasteiger partial charge in [0.05, 0.1) is 16.0 Å². The van der Waals surface area contributed by atoms with Crippen molar-refractivity contribution in [2.75, 3.05) is 6.54 Å². The summed E-state index contributed by atoms with van der Waals surface area (Å²) < 4.78 is 26.8.